The van der Waals surface area contributed by atoms with Crippen molar-refractivity contribution in [3.05, 3.63) is 45.3 Å². The fraction of sp³-hybridized carbons (Fsp3) is 0.389. The molecule has 0 bridgehead atoms. The molecule has 10 heteroatoms. The number of carbonyl (C=O) groups is 2. The van der Waals surface area contributed by atoms with Crippen LogP contribution in [0, 0.1) is 24.0 Å². The van der Waals surface area contributed by atoms with Gasteiger partial charge in [0, 0.05) is 33.3 Å². The van der Waals surface area contributed by atoms with E-state index in [-0.39, 0.29) is 11.3 Å². The fourth-order valence-corrected chi connectivity index (χ4v) is 2.65. The van der Waals surface area contributed by atoms with E-state index in [2.05, 4.69) is 10.4 Å². The smallest absolute Gasteiger partial charge is 0.341 e. The minimum absolute atomic E-state index is 0.00703. The molecule has 1 amide bonds. The van der Waals surface area contributed by atoms with Gasteiger partial charge in [0.15, 0.2) is 6.10 Å². The van der Waals surface area contributed by atoms with Gasteiger partial charge in [0.1, 0.15) is 0 Å². The Morgan fingerprint density at radius 2 is 1.96 bits per heavy atom. The molecular weight excluding hydrogens is 366 g/mol. The van der Waals surface area contributed by atoms with Crippen LogP contribution in [-0.2, 0) is 16.6 Å². The van der Waals surface area contributed by atoms with Crippen LogP contribution in [0.15, 0.2) is 18.2 Å². The number of non-ortho nitro benzene ring substituents is 1. The van der Waals surface area contributed by atoms with E-state index in [0.717, 1.165) is 11.8 Å². The number of hydrogen-bond acceptors (Lipinski definition) is 7. The first kappa shape index (κ1) is 20.9. The van der Waals surface area contributed by atoms with Crippen LogP contribution in [0.25, 0.3) is 0 Å². The van der Waals surface area contributed by atoms with Gasteiger partial charge in [-0.2, -0.15) is 5.10 Å². The Morgan fingerprint density at radius 3 is 2.46 bits per heavy atom. The molecule has 150 valence electrons. The molecule has 0 spiro atoms. The number of nitro groups is 1. The summed E-state index contributed by atoms with van der Waals surface area (Å²) >= 11 is 0. The molecule has 1 heterocycles. The van der Waals surface area contributed by atoms with E-state index in [1.807, 2.05) is 0 Å². The SMILES string of the molecule is Cc1nn(C)c(C)c1NC(=O)[C@@H](C)OC(=O)c1cc([N+](=O)[O-])ccc1N(C)C. The molecule has 28 heavy (non-hydrogen) atoms. The summed E-state index contributed by atoms with van der Waals surface area (Å²) in [7, 11) is 5.15. The van der Waals surface area contributed by atoms with Crippen molar-refractivity contribution in [2.45, 2.75) is 26.9 Å². The van der Waals surface area contributed by atoms with Crippen molar-refractivity contribution < 1.29 is 19.2 Å². The van der Waals surface area contributed by atoms with E-state index in [1.54, 1.807) is 44.6 Å². The molecule has 2 aromatic rings. The van der Waals surface area contributed by atoms with E-state index in [1.165, 1.54) is 19.1 Å². The number of nitrogens with one attached hydrogen (secondary N) is 1. The van der Waals surface area contributed by atoms with Crippen molar-refractivity contribution in [2.24, 2.45) is 7.05 Å². The summed E-state index contributed by atoms with van der Waals surface area (Å²) in [6.07, 6.45) is -1.11. The number of carbonyl (C=O) groups excluding carboxylic acids is 2. The largest absolute Gasteiger partial charge is 0.449 e. The number of nitrogens with zero attached hydrogens (tertiary/aromatic N) is 4. The molecule has 1 atom stereocenters. The summed E-state index contributed by atoms with van der Waals surface area (Å²) in [5.41, 5.74) is 2.17. The molecule has 0 aliphatic carbocycles. The normalized spacial score (nSPS) is 11.6. The number of hydrogen-bond donors (Lipinski definition) is 1. The third kappa shape index (κ3) is 4.27. The van der Waals surface area contributed by atoms with Crippen molar-refractivity contribution >= 4 is 28.9 Å². The molecule has 0 radical (unpaired) electrons. The van der Waals surface area contributed by atoms with Gasteiger partial charge in [0.2, 0.25) is 0 Å². The minimum Gasteiger partial charge on any atom is -0.449 e. The van der Waals surface area contributed by atoms with Crippen LogP contribution in [0.5, 0.6) is 0 Å². The van der Waals surface area contributed by atoms with Crippen LogP contribution in [0.1, 0.15) is 28.7 Å². The Bertz CT molecular complexity index is 935. The highest BCUT2D eigenvalue weighted by molar-refractivity contribution is 6.00. The van der Waals surface area contributed by atoms with Crippen LogP contribution in [0.3, 0.4) is 0 Å². The first-order valence-electron chi connectivity index (χ1n) is 8.50. The van der Waals surface area contributed by atoms with Crippen molar-refractivity contribution in [3.8, 4) is 0 Å². The van der Waals surface area contributed by atoms with Crippen LogP contribution >= 0.6 is 0 Å². The summed E-state index contributed by atoms with van der Waals surface area (Å²) in [6, 6.07) is 3.90. The topological polar surface area (TPSA) is 120 Å². The zero-order valence-corrected chi connectivity index (χ0v) is 16.6. The number of rotatable bonds is 6. The summed E-state index contributed by atoms with van der Waals surface area (Å²) in [6.45, 7) is 4.99. The standard InChI is InChI=1S/C18H23N5O5/c1-10-16(11(2)22(6)20-10)19-17(24)12(3)28-18(25)14-9-13(23(26)27)7-8-15(14)21(4)5/h7-9,12H,1-6H3,(H,19,24)/t12-/m1/s1. The lowest BCUT2D eigenvalue weighted by Crippen LogP contribution is -2.30. The minimum atomic E-state index is -1.11. The van der Waals surface area contributed by atoms with Gasteiger partial charge in [-0.1, -0.05) is 0 Å². The van der Waals surface area contributed by atoms with Crippen molar-refractivity contribution in [1.82, 2.24) is 9.78 Å². The second-order valence-corrected chi connectivity index (χ2v) is 6.56. The quantitative estimate of drug-likeness (QED) is 0.457. The van der Waals surface area contributed by atoms with Crippen LogP contribution in [0.2, 0.25) is 0 Å². The number of nitro benzene ring substituents is 1. The highest BCUT2D eigenvalue weighted by Gasteiger charge is 2.25. The molecule has 10 nitrogen and oxygen atoms in total. The number of anilines is 2. The summed E-state index contributed by atoms with van der Waals surface area (Å²) < 4.78 is 6.89. The number of aryl methyl sites for hydroxylation is 2. The highest BCUT2D eigenvalue weighted by atomic mass is 16.6. The number of benzene rings is 1. The maximum absolute atomic E-state index is 12.6. The van der Waals surface area contributed by atoms with Gasteiger partial charge < -0.3 is 15.0 Å². The second kappa shape index (κ2) is 8.07. The zero-order chi connectivity index (χ0) is 21.2. The van der Waals surface area contributed by atoms with Gasteiger partial charge in [-0.15, -0.1) is 0 Å². The molecule has 1 aromatic heterocycles. The van der Waals surface area contributed by atoms with Crippen molar-refractivity contribution in [2.75, 3.05) is 24.3 Å². The van der Waals surface area contributed by atoms with Crippen LogP contribution in [-0.4, -0.2) is 46.8 Å². The van der Waals surface area contributed by atoms with Crippen molar-refractivity contribution in [1.29, 1.82) is 0 Å². The Balaban J connectivity index is 2.20. The van der Waals surface area contributed by atoms with Crippen molar-refractivity contribution in [3.63, 3.8) is 0 Å². The first-order chi connectivity index (χ1) is 13.0. The van der Waals surface area contributed by atoms with Crippen LogP contribution in [0.4, 0.5) is 17.1 Å². The van der Waals surface area contributed by atoms with Gasteiger partial charge in [-0.25, -0.2) is 4.79 Å². The monoisotopic (exact) mass is 389 g/mol. The summed E-state index contributed by atoms with van der Waals surface area (Å²) in [4.78, 5) is 37.1. The molecule has 1 N–H and O–H groups in total. The molecular formula is C18H23N5O5. The average Bonchev–Trinajstić information content (AvgIpc) is 2.86. The average molecular weight is 389 g/mol. The maximum Gasteiger partial charge on any atom is 0.341 e. The zero-order valence-electron chi connectivity index (χ0n) is 16.6. The van der Waals surface area contributed by atoms with Crippen LogP contribution < -0.4 is 10.2 Å². The lowest BCUT2D eigenvalue weighted by atomic mass is 10.1. The number of aromatic nitrogens is 2. The Labute approximate surface area is 162 Å². The molecule has 1 aromatic carbocycles. The van der Waals surface area contributed by atoms with Gasteiger partial charge in [0.25, 0.3) is 11.6 Å². The van der Waals surface area contributed by atoms with E-state index in [4.69, 9.17) is 4.74 Å². The lowest BCUT2D eigenvalue weighted by Gasteiger charge is -2.18. The number of amides is 1. The van der Waals surface area contributed by atoms with Gasteiger partial charge in [-0.3, -0.25) is 19.6 Å². The molecule has 2 rings (SSSR count). The van der Waals surface area contributed by atoms with Gasteiger partial charge in [0.05, 0.1) is 33.2 Å². The summed E-state index contributed by atoms with van der Waals surface area (Å²) in [5.74, 6) is -1.35. The van der Waals surface area contributed by atoms with E-state index in [0.29, 0.717) is 17.1 Å². The number of ether oxygens (including phenoxy) is 1. The highest BCUT2D eigenvalue weighted by Crippen LogP contribution is 2.25. The van der Waals surface area contributed by atoms with Gasteiger partial charge >= 0.3 is 5.97 Å². The van der Waals surface area contributed by atoms with E-state index in [9.17, 15) is 19.7 Å². The fourth-order valence-electron chi connectivity index (χ4n) is 2.65. The third-order valence-electron chi connectivity index (χ3n) is 4.30. The molecule has 0 unspecified atom stereocenters. The number of esters is 1. The molecule has 0 aliphatic rings. The molecule has 0 saturated carbocycles. The van der Waals surface area contributed by atoms with E-state index < -0.39 is 22.9 Å². The first-order valence-corrected chi connectivity index (χ1v) is 8.50. The Kier molecular flexibility index (Phi) is 6.02. The Morgan fingerprint density at radius 1 is 1.32 bits per heavy atom. The lowest BCUT2D eigenvalue weighted by molar-refractivity contribution is -0.384. The van der Waals surface area contributed by atoms with Gasteiger partial charge in [-0.05, 0) is 26.8 Å². The summed E-state index contributed by atoms with van der Waals surface area (Å²) in [5, 5.41) is 17.9. The Hall–Kier alpha value is -3.43. The van der Waals surface area contributed by atoms with E-state index >= 15 is 0 Å². The molecule has 0 saturated heterocycles. The predicted molar refractivity (Wildman–Crippen MR) is 104 cm³/mol. The molecule has 0 fully saturated rings. The second-order valence-electron chi connectivity index (χ2n) is 6.56. The maximum atomic E-state index is 12.6. The molecule has 0 aliphatic heterocycles. The third-order valence-corrected chi connectivity index (χ3v) is 4.30. The predicted octanol–water partition coefficient (Wildman–Crippen LogP) is 2.20.